The summed E-state index contributed by atoms with van der Waals surface area (Å²) in [7, 11) is 0. The second-order valence-corrected chi connectivity index (χ2v) is 15.2. The molecule has 4 aliphatic rings. The number of rotatable bonds is 9. The fraction of sp³-hybridized carbons (Fsp3) is 0.632. The predicted molar refractivity (Wildman–Crippen MR) is 175 cm³/mol. The fourth-order valence-corrected chi connectivity index (χ4v) is 8.09. The highest BCUT2D eigenvalue weighted by atomic mass is 15.2. The van der Waals surface area contributed by atoms with Crippen molar-refractivity contribution in [3.8, 4) is 36.4 Å². The molecule has 8 heteroatoms. The summed E-state index contributed by atoms with van der Waals surface area (Å²) in [6, 6.07) is 12.8. The largest absolute Gasteiger partial charge is 0.373 e. The standard InChI is InChI=1S/C38H46N8/c1-37(2)15-31(29(19-39)20-40)33(23-43)35(17-37)45-13-11-27(25-45)9-7-5-6-8-10-28-12-14-46(26-28)36-18-38(3,4)16-32(34(36)24-44)30(21-41)22-42/h27-28H,5-18,25-26H2,1-4H3. The zero-order valence-electron chi connectivity index (χ0n) is 28.0. The van der Waals surface area contributed by atoms with Crippen LogP contribution >= 0.6 is 0 Å². The highest BCUT2D eigenvalue weighted by Gasteiger charge is 2.38. The molecule has 238 valence electrons. The molecule has 2 saturated heterocycles. The van der Waals surface area contributed by atoms with E-state index >= 15 is 0 Å². The van der Waals surface area contributed by atoms with E-state index in [9.17, 15) is 31.6 Å². The van der Waals surface area contributed by atoms with Gasteiger partial charge < -0.3 is 9.80 Å². The van der Waals surface area contributed by atoms with Crippen LogP contribution in [0.5, 0.6) is 0 Å². The molecule has 0 bridgehead atoms. The van der Waals surface area contributed by atoms with Crippen LogP contribution in [-0.2, 0) is 0 Å². The van der Waals surface area contributed by atoms with Gasteiger partial charge in [0.05, 0.1) is 11.1 Å². The van der Waals surface area contributed by atoms with Gasteiger partial charge in [-0.2, -0.15) is 31.6 Å². The van der Waals surface area contributed by atoms with Gasteiger partial charge in [-0.05, 0) is 74.0 Å². The Morgan fingerprint density at radius 3 is 1.28 bits per heavy atom. The third kappa shape index (κ3) is 7.83. The molecule has 2 fully saturated rings. The summed E-state index contributed by atoms with van der Waals surface area (Å²) < 4.78 is 0. The zero-order valence-corrected chi connectivity index (χ0v) is 28.0. The smallest absolute Gasteiger partial charge is 0.134 e. The minimum absolute atomic E-state index is 0.0703. The van der Waals surface area contributed by atoms with Crippen molar-refractivity contribution in [3.63, 3.8) is 0 Å². The Balaban J connectivity index is 1.25. The van der Waals surface area contributed by atoms with E-state index in [0.29, 0.717) is 47.0 Å². The van der Waals surface area contributed by atoms with Crippen molar-refractivity contribution in [3.05, 3.63) is 44.8 Å². The Labute approximate surface area is 275 Å². The van der Waals surface area contributed by atoms with E-state index in [4.69, 9.17) is 0 Å². The van der Waals surface area contributed by atoms with Gasteiger partial charge in [-0.1, -0.05) is 53.4 Å². The Morgan fingerprint density at radius 1 is 0.587 bits per heavy atom. The molecule has 0 N–H and O–H groups in total. The first-order valence-electron chi connectivity index (χ1n) is 16.8. The maximum atomic E-state index is 10.0. The fourth-order valence-electron chi connectivity index (χ4n) is 8.09. The molecule has 8 nitrogen and oxygen atoms in total. The molecule has 4 rings (SSSR count). The lowest BCUT2D eigenvalue weighted by atomic mass is 9.72. The van der Waals surface area contributed by atoms with Gasteiger partial charge in [-0.25, -0.2) is 0 Å². The molecule has 2 heterocycles. The third-order valence-electron chi connectivity index (χ3n) is 10.4. The molecule has 0 aromatic carbocycles. The lowest BCUT2D eigenvalue weighted by molar-refractivity contribution is 0.280. The van der Waals surface area contributed by atoms with E-state index < -0.39 is 0 Å². The van der Waals surface area contributed by atoms with E-state index in [1.54, 1.807) is 0 Å². The maximum Gasteiger partial charge on any atom is 0.134 e. The van der Waals surface area contributed by atoms with Gasteiger partial charge in [-0.3, -0.25) is 0 Å². The molecule has 0 aromatic rings. The van der Waals surface area contributed by atoms with E-state index in [0.717, 1.165) is 63.3 Å². The number of unbranched alkanes of at least 4 members (excludes halogenated alkanes) is 3. The molecule has 0 saturated carbocycles. The predicted octanol–water partition coefficient (Wildman–Crippen LogP) is 7.85. The van der Waals surface area contributed by atoms with Crippen molar-refractivity contribution in [1.29, 1.82) is 31.6 Å². The second-order valence-electron chi connectivity index (χ2n) is 15.2. The highest BCUT2D eigenvalue weighted by molar-refractivity contribution is 5.58. The Bertz CT molecular complexity index is 1440. The van der Waals surface area contributed by atoms with Crippen molar-refractivity contribution in [1.82, 2.24) is 9.80 Å². The molecular formula is C38H46N8. The minimum atomic E-state index is -0.0986. The number of hydrogen-bond donors (Lipinski definition) is 0. The van der Waals surface area contributed by atoms with Crippen molar-refractivity contribution < 1.29 is 0 Å². The van der Waals surface area contributed by atoms with Crippen LogP contribution in [-0.4, -0.2) is 36.0 Å². The van der Waals surface area contributed by atoms with Crippen molar-refractivity contribution in [2.75, 3.05) is 26.2 Å². The van der Waals surface area contributed by atoms with E-state index in [2.05, 4.69) is 49.6 Å². The lowest BCUT2D eigenvalue weighted by Gasteiger charge is -2.37. The number of hydrogen-bond acceptors (Lipinski definition) is 8. The maximum absolute atomic E-state index is 10.0. The summed E-state index contributed by atoms with van der Waals surface area (Å²) in [6.07, 6.45) is 12.1. The quantitative estimate of drug-likeness (QED) is 0.188. The summed E-state index contributed by atoms with van der Waals surface area (Å²) in [4.78, 5) is 4.70. The summed E-state index contributed by atoms with van der Waals surface area (Å²) in [5, 5.41) is 58.1. The van der Waals surface area contributed by atoms with E-state index in [1.165, 1.54) is 38.5 Å². The molecule has 2 aliphatic carbocycles. The van der Waals surface area contributed by atoms with Gasteiger partial charge in [0.25, 0.3) is 0 Å². The van der Waals surface area contributed by atoms with E-state index in [-0.39, 0.29) is 22.0 Å². The van der Waals surface area contributed by atoms with Crippen molar-refractivity contribution >= 4 is 0 Å². The average Bonchev–Trinajstić information content (AvgIpc) is 3.69. The Morgan fingerprint density at radius 2 is 0.957 bits per heavy atom. The van der Waals surface area contributed by atoms with Crippen LogP contribution in [0.2, 0.25) is 0 Å². The first-order valence-corrected chi connectivity index (χ1v) is 16.8. The lowest BCUT2D eigenvalue weighted by Crippen LogP contribution is -2.30. The molecule has 0 aromatic heterocycles. The van der Waals surface area contributed by atoms with Gasteiger partial charge >= 0.3 is 0 Å². The molecule has 2 aliphatic heterocycles. The topological polar surface area (TPSA) is 149 Å². The number of likely N-dealkylation sites (tertiary alicyclic amines) is 2. The van der Waals surface area contributed by atoms with Gasteiger partial charge in [0.2, 0.25) is 0 Å². The van der Waals surface area contributed by atoms with Crippen molar-refractivity contribution in [2.24, 2.45) is 22.7 Å². The first kappa shape index (κ1) is 34.4. The minimum Gasteiger partial charge on any atom is -0.373 e. The number of nitrogens with zero attached hydrogens (tertiary/aromatic N) is 8. The normalized spacial score (nSPS) is 23.6. The number of nitriles is 6. The van der Waals surface area contributed by atoms with Crippen LogP contribution < -0.4 is 0 Å². The third-order valence-corrected chi connectivity index (χ3v) is 10.4. The van der Waals surface area contributed by atoms with Gasteiger partial charge in [-0.15, -0.1) is 0 Å². The molecule has 0 amide bonds. The van der Waals surface area contributed by atoms with Crippen LogP contribution in [0.3, 0.4) is 0 Å². The summed E-state index contributed by atoms with van der Waals surface area (Å²) in [5.74, 6) is 1.20. The SMILES string of the molecule is CC1(C)CC(=C(C#N)C#N)C(C#N)=C(N2CCC(CCCCCCC3CCN(C4=C(C#N)C(=C(C#N)C#N)CC(C)(C)C4)C3)C2)C1. The summed E-state index contributed by atoms with van der Waals surface area (Å²) >= 11 is 0. The van der Waals surface area contributed by atoms with Crippen LogP contribution in [0.4, 0.5) is 0 Å². The summed E-state index contributed by atoms with van der Waals surface area (Å²) in [5.41, 5.74) is 4.30. The van der Waals surface area contributed by atoms with Crippen LogP contribution in [0.25, 0.3) is 0 Å². The van der Waals surface area contributed by atoms with Crippen LogP contribution in [0.15, 0.2) is 44.8 Å². The monoisotopic (exact) mass is 614 g/mol. The first-order chi connectivity index (χ1) is 22.0. The van der Waals surface area contributed by atoms with Crippen molar-refractivity contribution in [2.45, 2.75) is 105 Å². The highest BCUT2D eigenvalue weighted by Crippen LogP contribution is 2.46. The molecule has 2 atom stereocenters. The Hall–Kier alpha value is -4.50. The number of allylic oxidation sites excluding steroid dienone is 8. The van der Waals surface area contributed by atoms with Gasteiger partial charge in [0, 0.05) is 48.7 Å². The van der Waals surface area contributed by atoms with Gasteiger partial charge in [0.15, 0.2) is 0 Å². The van der Waals surface area contributed by atoms with E-state index in [1.807, 2.05) is 24.3 Å². The zero-order chi connectivity index (χ0) is 33.5. The summed E-state index contributed by atoms with van der Waals surface area (Å²) in [6.45, 7) is 12.3. The molecule has 0 radical (unpaired) electrons. The molecule has 46 heavy (non-hydrogen) atoms. The van der Waals surface area contributed by atoms with Gasteiger partial charge in [0.1, 0.15) is 47.6 Å². The molecule has 0 spiro atoms. The second kappa shape index (κ2) is 14.7. The molecule has 2 unspecified atom stereocenters. The Kier molecular flexibility index (Phi) is 11.0. The van der Waals surface area contributed by atoms with Crippen LogP contribution in [0.1, 0.15) is 105 Å². The molecular weight excluding hydrogens is 568 g/mol. The van der Waals surface area contributed by atoms with Crippen LogP contribution in [0, 0.1) is 90.7 Å². The average molecular weight is 615 g/mol.